The first-order valence-corrected chi connectivity index (χ1v) is 7.80. The van der Waals surface area contributed by atoms with Crippen molar-refractivity contribution in [3.63, 3.8) is 0 Å². The van der Waals surface area contributed by atoms with Crippen molar-refractivity contribution in [3.05, 3.63) is 34.9 Å². The average Bonchev–Trinajstić information content (AvgIpc) is 2.83. The fraction of sp³-hybridized carbons (Fsp3) is 0.467. The number of carbonyl (C=O) groups is 1. The lowest BCUT2D eigenvalue weighted by Crippen LogP contribution is -2.06. The number of carbonyl (C=O) groups excluding carboxylic acids is 1. The smallest absolute Gasteiger partial charge is 0.204 e. The maximum Gasteiger partial charge on any atom is 0.204 e. The third-order valence-corrected chi connectivity index (χ3v) is 3.95. The molecule has 6 heteroatoms. The van der Waals surface area contributed by atoms with Gasteiger partial charge in [0.25, 0.3) is 0 Å². The zero-order chi connectivity index (χ0) is 15.6. The lowest BCUT2D eigenvalue weighted by Gasteiger charge is -2.08. The molecule has 112 valence electrons. The van der Waals surface area contributed by atoms with Crippen molar-refractivity contribution >= 4 is 17.5 Å². The molecule has 5 nitrogen and oxygen atoms in total. The van der Waals surface area contributed by atoms with Crippen LogP contribution in [0.3, 0.4) is 0 Å². The number of Topliss-reactive ketones (excluding diaryl/α,β-unsaturated/α-hetero) is 1. The average molecular weight is 305 g/mol. The van der Waals surface area contributed by atoms with Gasteiger partial charge in [-0.25, -0.2) is 15.0 Å². The van der Waals surface area contributed by atoms with Gasteiger partial charge in [0, 0.05) is 5.92 Å². The zero-order valence-electron chi connectivity index (χ0n) is 12.9. The van der Waals surface area contributed by atoms with Crippen molar-refractivity contribution in [1.82, 2.24) is 15.0 Å². The molecule has 0 aliphatic heterocycles. The van der Waals surface area contributed by atoms with E-state index in [1.54, 1.807) is 6.20 Å². The van der Waals surface area contributed by atoms with E-state index in [-0.39, 0.29) is 5.78 Å². The third kappa shape index (κ3) is 3.69. The molecule has 0 aromatic carbocycles. The van der Waals surface area contributed by atoms with Gasteiger partial charge in [0.1, 0.15) is 16.6 Å². The quantitative estimate of drug-likeness (QED) is 0.476. The largest absolute Gasteiger partial charge is 0.445 e. The first-order valence-electron chi connectivity index (χ1n) is 6.82. The van der Waals surface area contributed by atoms with E-state index < -0.39 is 0 Å². The molecule has 0 atom stereocenters. The predicted molar refractivity (Wildman–Crippen MR) is 81.7 cm³/mol. The number of hydrogen-bond donors (Lipinski definition) is 0. The monoisotopic (exact) mass is 305 g/mol. The topological polar surface area (TPSA) is 68.9 Å². The summed E-state index contributed by atoms with van der Waals surface area (Å²) < 4.78 is 5.67. The summed E-state index contributed by atoms with van der Waals surface area (Å²) in [7, 11) is 0. The van der Waals surface area contributed by atoms with Gasteiger partial charge in [0.2, 0.25) is 5.89 Å². The van der Waals surface area contributed by atoms with Crippen LogP contribution < -0.4 is 0 Å². The van der Waals surface area contributed by atoms with E-state index in [2.05, 4.69) is 28.8 Å². The number of ketones is 1. The minimum Gasteiger partial charge on any atom is -0.445 e. The normalized spacial score (nSPS) is 11.1. The van der Waals surface area contributed by atoms with E-state index in [9.17, 15) is 4.79 Å². The van der Waals surface area contributed by atoms with Gasteiger partial charge < -0.3 is 4.42 Å². The molecule has 0 aliphatic carbocycles. The van der Waals surface area contributed by atoms with Crippen LogP contribution in [0.25, 0.3) is 0 Å². The van der Waals surface area contributed by atoms with E-state index in [1.165, 1.54) is 18.7 Å². The van der Waals surface area contributed by atoms with Crippen molar-refractivity contribution in [2.75, 3.05) is 0 Å². The molecule has 0 saturated carbocycles. The summed E-state index contributed by atoms with van der Waals surface area (Å²) in [5, 5.41) is 0.691. The molecule has 0 amide bonds. The van der Waals surface area contributed by atoms with Gasteiger partial charge in [-0.2, -0.15) is 0 Å². The Bertz CT molecular complexity index is 665. The minimum absolute atomic E-state index is 0.0229. The number of thioether (sulfide) groups is 1. The maximum atomic E-state index is 11.8. The standard InChI is InChI=1S/C15H19N3O2S/c1-8(2)12-6-16-13(20-12)7-21-15-14(10(4)19)9(3)17-11(5)18-15/h6,8H,7H2,1-5H3. The lowest BCUT2D eigenvalue weighted by atomic mass is 10.2. The number of aromatic nitrogens is 3. The van der Waals surface area contributed by atoms with Gasteiger partial charge in [-0.3, -0.25) is 4.79 Å². The SMILES string of the molecule is CC(=O)c1c(C)nc(C)nc1SCc1ncc(C(C)C)o1. The summed E-state index contributed by atoms with van der Waals surface area (Å²) in [6.45, 7) is 9.30. The van der Waals surface area contributed by atoms with Gasteiger partial charge in [-0.15, -0.1) is 0 Å². The third-order valence-electron chi connectivity index (χ3n) is 2.99. The molecule has 0 bridgehead atoms. The Morgan fingerprint density at radius 2 is 2.05 bits per heavy atom. The van der Waals surface area contributed by atoms with Crippen molar-refractivity contribution < 1.29 is 9.21 Å². The Balaban J connectivity index is 2.21. The van der Waals surface area contributed by atoms with E-state index in [1.807, 2.05) is 13.8 Å². The molecule has 0 fully saturated rings. The second-order valence-electron chi connectivity index (χ2n) is 5.19. The highest BCUT2D eigenvalue weighted by Gasteiger charge is 2.16. The highest BCUT2D eigenvalue weighted by atomic mass is 32.2. The second-order valence-corrected chi connectivity index (χ2v) is 6.16. The summed E-state index contributed by atoms with van der Waals surface area (Å²) in [4.78, 5) is 24.7. The Morgan fingerprint density at radius 1 is 1.33 bits per heavy atom. The van der Waals surface area contributed by atoms with Gasteiger partial charge in [0.05, 0.1) is 23.2 Å². The van der Waals surface area contributed by atoms with E-state index in [4.69, 9.17) is 4.42 Å². The summed E-state index contributed by atoms with van der Waals surface area (Å²) >= 11 is 1.45. The zero-order valence-corrected chi connectivity index (χ0v) is 13.7. The first-order chi connectivity index (χ1) is 9.88. The summed E-state index contributed by atoms with van der Waals surface area (Å²) in [6, 6.07) is 0. The number of oxazole rings is 1. The fourth-order valence-electron chi connectivity index (χ4n) is 1.98. The maximum absolute atomic E-state index is 11.8. The van der Waals surface area contributed by atoms with Crippen LogP contribution in [0.4, 0.5) is 0 Å². The Labute approximate surface area is 128 Å². The highest BCUT2D eigenvalue weighted by Crippen LogP contribution is 2.27. The second kappa shape index (κ2) is 6.39. The molecule has 0 spiro atoms. The predicted octanol–water partition coefficient (Wildman–Crippen LogP) is 3.70. The summed E-state index contributed by atoms with van der Waals surface area (Å²) in [5.74, 6) is 3.01. The van der Waals surface area contributed by atoms with Crippen LogP contribution in [0, 0.1) is 13.8 Å². The van der Waals surface area contributed by atoms with Crippen LogP contribution in [-0.4, -0.2) is 20.7 Å². The molecular formula is C15H19N3O2S. The molecule has 21 heavy (non-hydrogen) atoms. The molecule has 0 unspecified atom stereocenters. The molecular weight excluding hydrogens is 286 g/mol. The number of hydrogen-bond acceptors (Lipinski definition) is 6. The molecule has 0 N–H and O–H groups in total. The summed E-state index contributed by atoms with van der Waals surface area (Å²) in [6.07, 6.45) is 1.75. The molecule has 0 saturated heterocycles. The Kier molecular flexibility index (Phi) is 4.77. The highest BCUT2D eigenvalue weighted by molar-refractivity contribution is 7.98. The first kappa shape index (κ1) is 15.7. The van der Waals surface area contributed by atoms with Crippen molar-refractivity contribution in [1.29, 1.82) is 0 Å². The molecule has 0 radical (unpaired) electrons. The van der Waals surface area contributed by atoms with Crippen LogP contribution in [0.5, 0.6) is 0 Å². The molecule has 2 heterocycles. The van der Waals surface area contributed by atoms with Gasteiger partial charge >= 0.3 is 0 Å². The van der Waals surface area contributed by atoms with Crippen LogP contribution in [0.15, 0.2) is 15.6 Å². The van der Waals surface area contributed by atoms with Gasteiger partial charge in [0.15, 0.2) is 5.78 Å². The van der Waals surface area contributed by atoms with Crippen molar-refractivity contribution in [2.24, 2.45) is 0 Å². The number of rotatable bonds is 5. The molecule has 2 aromatic rings. The van der Waals surface area contributed by atoms with Crippen LogP contribution >= 0.6 is 11.8 Å². The molecule has 2 aromatic heterocycles. The van der Waals surface area contributed by atoms with Crippen LogP contribution in [-0.2, 0) is 5.75 Å². The lowest BCUT2D eigenvalue weighted by molar-refractivity contribution is 0.101. The number of aryl methyl sites for hydroxylation is 2. The van der Waals surface area contributed by atoms with E-state index in [0.29, 0.717) is 39.7 Å². The van der Waals surface area contributed by atoms with Crippen LogP contribution in [0.1, 0.15) is 60.2 Å². The van der Waals surface area contributed by atoms with Gasteiger partial charge in [-0.1, -0.05) is 25.6 Å². The fourth-order valence-corrected chi connectivity index (χ4v) is 3.01. The molecule has 2 rings (SSSR count). The van der Waals surface area contributed by atoms with E-state index in [0.717, 1.165) is 5.76 Å². The number of nitrogens with zero attached hydrogens (tertiary/aromatic N) is 3. The summed E-state index contributed by atoms with van der Waals surface area (Å²) in [5.41, 5.74) is 1.30. The Hall–Kier alpha value is -1.69. The Morgan fingerprint density at radius 3 is 2.62 bits per heavy atom. The molecule has 0 aliphatic rings. The van der Waals surface area contributed by atoms with Gasteiger partial charge in [-0.05, 0) is 20.8 Å². The van der Waals surface area contributed by atoms with E-state index >= 15 is 0 Å². The van der Waals surface area contributed by atoms with Crippen molar-refractivity contribution in [3.8, 4) is 0 Å². The minimum atomic E-state index is -0.0229. The van der Waals surface area contributed by atoms with Crippen molar-refractivity contribution in [2.45, 2.75) is 51.3 Å². The van der Waals surface area contributed by atoms with Crippen LogP contribution in [0.2, 0.25) is 0 Å².